The Kier molecular flexibility index (Phi) is 5.34. The number of halogens is 1. The van der Waals surface area contributed by atoms with Crippen LogP contribution in [0.5, 0.6) is 11.5 Å². The first-order valence-electron chi connectivity index (χ1n) is 10.6. The lowest BCUT2D eigenvalue weighted by atomic mass is 10.1. The average molecular weight is 435 g/mol. The molecule has 7 nitrogen and oxygen atoms in total. The van der Waals surface area contributed by atoms with Crippen molar-refractivity contribution in [2.45, 2.75) is 38.3 Å². The molecule has 0 radical (unpaired) electrons. The molecule has 8 heteroatoms. The third-order valence-corrected chi connectivity index (χ3v) is 5.65. The molecule has 164 valence electrons. The first kappa shape index (κ1) is 20.2. The predicted octanol–water partition coefficient (Wildman–Crippen LogP) is 4.57. The largest absolute Gasteiger partial charge is 0.493 e. The number of rotatable bonds is 6. The first-order chi connectivity index (χ1) is 15.6. The van der Waals surface area contributed by atoms with E-state index in [2.05, 4.69) is 9.97 Å². The molecule has 1 aliphatic rings. The van der Waals surface area contributed by atoms with Crippen molar-refractivity contribution in [3.8, 4) is 22.6 Å². The summed E-state index contributed by atoms with van der Waals surface area (Å²) in [6.07, 6.45) is 7.83. The van der Waals surface area contributed by atoms with Gasteiger partial charge < -0.3 is 13.9 Å². The fourth-order valence-electron chi connectivity index (χ4n) is 4.01. The zero-order valence-electron chi connectivity index (χ0n) is 17.6. The highest BCUT2D eigenvalue weighted by Crippen LogP contribution is 2.35. The number of hydrogen-bond acceptors (Lipinski definition) is 6. The van der Waals surface area contributed by atoms with Crippen molar-refractivity contribution in [2.75, 3.05) is 7.11 Å². The molecule has 2 heterocycles. The standard InChI is InChI=1S/C24H22FN3O4/c1-30-20-9-6-15(10-22(20)31-18-4-2-3-5-18)16-12-26-24(29)28(13-16)14-23-27-19-8-7-17(25)11-21(19)32-23/h6-13,18H,2-5,14H2,1H3. The molecule has 0 saturated heterocycles. The Hall–Kier alpha value is -3.68. The molecular weight excluding hydrogens is 413 g/mol. The number of hydrogen-bond donors (Lipinski definition) is 0. The number of aromatic nitrogens is 3. The molecular formula is C24H22FN3O4. The van der Waals surface area contributed by atoms with E-state index in [0.29, 0.717) is 28.5 Å². The number of fused-ring (bicyclic) bond motifs is 1. The highest BCUT2D eigenvalue weighted by Gasteiger charge is 2.19. The SMILES string of the molecule is COc1ccc(-c2cnc(=O)n(Cc3nc4ccc(F)cc4o3)c2)cc1OC1CCCC1. The minimum absolute atomic E-state index is 0.0809. The Labute approximate surface area is 183 Å². The Morgan fingerprint density at radius 3 is 2.78 bits per heavy atom. The van der Waals surface area contributed by atoms with Crippen molar-refractivity contribution in [1.29, 1.82) is 0 Å². The van der Waals surface area contributed by atoms with Crippen molar-refractivity contribution in [3.05, 3.63) is 71.0 Å². The maximum absolute atomic E-state index is 13.4. The van der Waals surface area contributed by atoms with Crippen LogP contribution < -0.4 is 15.2 Å². The van der Waals surface area contributed by atoms with Crippen LogP contribution in [0.15, 0.2) is 58.0 Å². The van der Waals surface area contributed by atoms with Gasteiger partial charge >= 0.3 is 5.69 Å². The lowest BCUT2D eigenvalue weighted by Gasteiger charge is -2.17. The lowest BCUT2D eigenvalue weighted by Crippen LogP contribution is -2.22. The Morgan fingerprint density at radius 2 is 1.97 bits per heavy atom. The van der Waals surface area contributed by atoms with Gasteiger partial charge in [-0.25, -0.2) is 19.2 Å². The monoisotopic (exact) mass is 435 g/mol. The van der Waals surface area contributed by atoms with E-state index in [1.54, 1.807) is 19.4 Å². The first-order valence-corrected chi connectivity index (χ1v) is 10.6. The van der Waals surface area contributed by atoms with Gasteiger partial charge in [0, 0.05) is 24.0 Å². The fourth-order valence-corrected chi connectivity index (χ4v) is 4.01. The Balaban J connectivity index is 1.45. The van der Waals surface area contributed by atoms with E-state index in [0.717, 1.165) is 24.0 Å². The second-order valence-electron chi connectivity index (χ2n) is 7.86. The second-order valence-corrected chi connectivity index (χ2v) is 7.86. The van der Waals surface area contributed by atoms with Gasteiger partial charge in [0.05, 0.1) is 13.2 Å². The van der Waals surface area contributed by atoms with Crippen LogP contribution in [-0.2, 0) is 6.54 Å². The number of nitrogens with zero attached hydrogens (tertiary/aromatic N) is 3. The molecule has 0 aliphatic heterocycles. The molecule has 0 N–H and O–H groups in total. The van der Waals surface area contributed by atoms with Gasteiger partial charge in [-0.3, -0.25) is 4.57 Å². The van der Waals surface area contributed by atoms with Gasteiger partial charge in [-0.1, -0.05) is 6.07 Å². The highest BCUT2D eigenvalue weighted by molar-refractivity contribution is 5.72. The van der Waals surface area contributed by atoms with E-state index in [9.17, 15) is 9.18 Å². The summed E-state index contributed by atoms with van der Waals surface area (Å²) in [5.74, 6) is 1.24. The molecule has 2 aromatic carbocycles. The predicted molar refractivity (Wildman–Crippen MR) is 116 cm³/mol. The summed E-state index contributed by atoms with van der Waals surface area (Å²) in [6.45, 7) is 0.0809. The van der Waals surface area contributed by atoms with Gasteiger partial charge in [0.15, 0.2) is 17.1 Å². The quantitative estimate of drug-likeness (QED) is 0.441. The van der Waals surface area contributed by atoms with E-state index in [1.165, 1.54) is 35.7 Å². The molecule has 4 aromatic rings. The van der Waals surface area contributed by atoms with Gasteiger partial charge in [0.1, 0.15) is 17.9 Å². The van der Waals surface area contributed by atoms with E-state index in [4.69, 9.17) is 13.9 Å². The van der Waals surface area contributed by atoms with Gasteiger partial charge in [0.2, 0.25) is 5.89 Å². The van der Waals surface area contributed by atoms with Gasteiger partial charge in [-0.05, 0) is 55.5 Å². The normalized spacial score (nSPS) is 14.2. The summed E-state index contributed by atoms with van der Waals surface area (Å²) >= 11 is 0. The third kappa shape index (κ3) is 4.08. The summed E-state index contributed by atoms with van der Waals surface area (Å²) in [6, 6.07) is 9.78. The Bertz CT molecular complexity index is 1320. The van der Waals surface area contributed by atoms with Crippen molar-refractivity contribution >= 4 is 11.1 Å². The van der Waals surface area contributed by atoms with Gasteiger partial charge in [-0.15, -0.1) is 0 Å². The topological polar surface area (TPSA) is 79.4 Å². The van der Waals surface area contributed by atoms with E-state index >= 15 is 0 Å². The van der Waals surface area contributed by atoms with Crippen LogP contribution in [-0.4, -0.2) is 27.7 Å². The smallest absolute Gasteiger partial charge is 0.348 e. The molecule has 0 amide bonds. The number of oxazole rings is 1. The summed E-state index contributed by atoms with van der Waals surface area (Å²) in [5, 5.41) is 0. The second kappa shape index (κ2) is 8.45. The van der Waals surface area contributed by atoms with Crippen LogP contribution >= 0.6 is 0 Å². The molecule has 1 aliphatic carbocycles. The minimum atomic E-state index is -0.432. The van der Waals surface area contributed by atoms with Crippen LogP contribution in [0.25, 0.3) is 22.2 Å². The zero-order valence-corrected chi connectivity index (χ0v) is 17.6. The molecule has 0 spiro atoms. The molecule has 0 unspecified atom stereocenters. The van der Waals surface area contributed by atoms with E-state index in [1.807, 2.05) is 18.2 Å². The fraction of sp³-hybridized carbons (Fsp3) is 0.292. The van der Waals surface area contributed by atoms with Crippen molar-refractivity contribution in [3.63, 3.8) is 0 Å². The number of methoxy groups -OCH3 is 1. The van der Waals surface area contributed by atoms with E-state index < -0.39 is 11.5 Å². The maximum Gasteiger partial charge on any atom is 0.348 e. The summed E-state index contributed by atoms with van der Waals surface area (Å²) < 4.78 is 32.1. The summed E-state index contributed by atoms with van der Waals surface area (Å²) in [5.41, 5.74) is 2.02. The van der Waals surface area contributed by atoms with Crippen LogP contribution in [0.2, 0.25) is 0 Å². The van der Waals surface area contributed by atoms with Crippen molar-refractivity contribution in [1.82, 2.24) is 14.5 Å². The molecule has 32 heavy (non-hydrogen) atoms. The van der Waals surface area contributed by atoms with Crippen molar-refractivity contribution in [2.24, 2.45) is 0 Å². The summed E-state index contributed by atoms with van der Waals surface area (Å²) in [7, 11) is 1.62. The molecule has 0 atom stereocenters. The van der Waals surface area contributed by atoms with Crippen LogP contribution in [0.3, 0.4) is 0 Å². The maximum atomic E-state index is 13.4. The van der Waals surface area contributed by atoms with Crippen molar-refractivity contribution < 1.29 is 18.3 Å². The van der Waals surface area contributed by atoms with Crippen LogP contribution in [0.1, 0.15) is 31.6 Å². The molecule has 1 saturated carbocycles. The third-order valence-electron chi connectivity index (χ3n) is 5.65. The van der Waals surface area contributed by atoms with E-state index in [-0.39, 0.29) is 12.6 Å². The van der Waals surface area contributed by atoms with Crippen LogP contribution in [0, 0.1) is 5.82 Å². The van der Waals surface area contributed by atoms with Crippen LogP contribution in [0.4, 0.5) is 4.39 Å². The number of benzene rings is 2. The lowest BCUT2D eigenvalue weighted by molar-refractivity contribution is 0.201. The molecule has 5 rings (SSSR count). The molecule has 0 bridgehead atoms. The average Bonchev–Trinajstić information content (AvgIpc) is 3.44. The Morgan fingerprint density at radius 1 is 1.12 bits per heavy atom. The minimum Gasteiger partial charge on any atom is -0.493 e. The highest BCUT2D eigenvalue weighted by atomic mass is 19.1. The van der Waals surface area contributed by atoms with Gasteiger partial charge in [0.25, 0.3) is 0 Å². The number of ether oxygens (including phenoxy) is 2. The summed E-state index contributed by atoms with van der Waals surface area (Å²) in [4.78, 5) is 20.7. The zero-order chi connectivity index (χ0) is 22.1. The van der Waals surface area contributed by atoms with Gasteiger partial charge in [-0.2, -0.15) is 0 Å². The molecule has 1 fully saturated rings. The molecule has 2 aromatic heterocycles.